The molecule has 0 bridgehead atoms. The van der Waals surface area contributed by atoms with Gasteiger partial charge in [0.15, 0.2) is 0 Å². The quantitative estimate of drug-likeness (QED) is 0.460. The summed E-state index contributed by atoms with van der Waals surface area (Å²) in [7, 11) is 4.08. The Kier molecular flexibility index (Phi) is 5.46. The normalized spacial score (nSPS) is 19.3. The fourth-order valence-electron chi connectivity index (χ4n) is 3.36. The molecule has 6 nitrogen and oxygen atoms in total. The second kappa shape index (κ2) is 7.80. The van der Waals surface area contributed by atoms with Crippen molar-refractivity contribution < 1.29 is 24.0 Å². The molecular formula is C21H25N2O4+. The fraction of sp³-hybridized carbons (Fsp3) is 0.333. The number of benzene rings is 1. The van der Waals surface area contributed by atoms with Crippen LogP contribution >= 0.6 is 0 Å². The van der Waals surface area contributed by atoms with Crippen LogP contribution in [0.3, 0.4) is 0 Å². The highest BCUT2D eigenvalue weighted by Gasteiger charge is 2.47. The molecule has 0 spiro atoms. The number of hydrogen-bond donors (Lipinski definition) is 2. The largest absolute Gasteiger partial charge is 0.507 e. The first kappa shape index (κ1) is 18.9. The summed E-state index contributed by atoms with van der Waals surface area (Å²) in [6, 6.07) is 11.6. The van der Waals surface area contributed by atoms with Gasteiger partial charge in [-0.25, -0.2) is 0 Å². The zero-order valence-corrected chi connectivity index (χ0v) is 15.9. The Morgan fingerprint density at radius 1 is 1.15 bits per heavy atom. The Bertz CT molecular complexity index is 867. The maximum atomic E-state index is 12.8. The second-order valence-electron chi connectivity index (χ2n) is 7.12. The molecule has 2 N–H and O–H groups in total. The van der Waals surface area contributed by atoms with Crippen LogP contribution < -0.4 is 4.90 Å². The van der Waals surface area contributed by atoms with Crippen LogP contribution in [0.15, 0.2) is 52.5 Å². The Morgan fingerprint density at radius 2 is 1.85 bits per heavy atom. The summed E-state index contributed by atoms with van der Waals surface area (Å²) < 4.78 is 5.74. The highest BCUT2D eigenvalue weighted by Crippen LogP contribution is 2.39. The fourth-order valence-corrected chi connectivity index (χ4v) is 3.36. The number of rotatable bonds is 6. The Balaban J connectivity index is 2.05. The van der Waals surface area contributed by atoms with E-state index < -0.39 is 17.7 Å². The lowest BCUT2D eigenvalue weighted by Gasteiger charge is -2.23. The van der Waals surface area contributed by atoms with Crippen molar-refractivity contribution in [1.82, 2.24) is 4.90 Å². The van der Waals surface area contributed by atoms with E-state index in [1.807, 2.05) is 27.1 Å². The number of furan rings is 1. The molecule has 1 aromatic heterocycles. The molecule has 1 aromatic carbocycles. The van der Waals surface area contributed by atoms with Gasteiger partial charge in [0.25, 0.3) is 11.7 Å². The molecule has 1 amide bonds. The number of carbonyl (C=O) groups excluding carboxylic acids is 2. The van der Waals surface area contributed by atoms with Crippen LogP contribution in [0.25, 0.3) is 5.76 Å². The van der Waals surface area contributed by atoms with Gasteiger partial charge in [-0.1, -0.05) is 30.3 Å². The SMILES string of the molecule is Cc1ccc([C@@H]2/C(=C(\O)c3ccccc3)C(=O)C(=O)N2CCC[NH+](C)C)o1. The van der Waals surface area contributed by atoms with Gasteiger partial charge in [-0.3, -0.25) is 9.59 Å². The molecule has 0 aliphatic carbocycles. The van der Waals surface area contributed by atoms with E-state index in [1.165, 1.54) is 9.80 Å². The molecule has 2 heterocycles. The first-order valence-corrected chi connectivity index (χ1v) is 9.09. The average Bonchev–Trinajstić information content (AvgIpc) is 3.18. The molecule has 1 saturated heterocycles. The van der Waals surface area contributed by atoms with Gasteiger partial charge in [0.1, 0.15) is 23.3 Å². The summed E-state index contributed by atoms with van der Waals surface area (Å²) in [4.78, 5) is 28.2. The third-order valence-electron chi connectivity index (χ3n) is 4.69. The molecule has 27 heavy (non-hydrogen) atoms. The van der Waals surface area contributed by atoms with Gasteiger partial charge in [-0.15, -0.1) is 0 Å². The lowest BCUT2D eigenvalue weighted by atomic mass is 9.99. The van der Waals surface area contributed by atoms with E-state index in [0.717, 1.165) is 13.0 Å². The van der Waals surface area contributed by atoms with Gasteiger partial charge >= 0.3 is 0 Å². The van der Waals surface area contributed by atoms with Crippen LogP contribution in [0.5, 0.6) is 0 Å². The minimum atomic E-state index is -0.712. The number of aliphatic hydroxyl groups excluding tert-OH is 1. The molecule has 3 rings (SSSR count). The highest BCUT2D eigenvalue weighted by atomic mass is 16.3. The average molecular weight is 369 g/mol. The van der Waals surface area contributed by atoms with E-state index in [-0.39, 0.29) is 11.3 Å². The molecular weight excluding hydrogens is 344 g/mol. The maximum absolute atomic E-state index is 12.8. The van der Waals surface area contributed by atoms with E-state index in [4.69, 9.17) is 4.42 Å². The number of quaternary nitrogens is 1. The lowest BCUT2D eigenvalue weighted by molar-refractivity contribution is -0.858. The second-order valence-corrected chi connectivity index (χ2v) is 7.12. The first-order chi connectivity index (χ1) is 12.9. The van der Waals surface area contributed by atoms with Gasteiger partial charge in [0.05, 0.1) is 26.2 Å². The van der Waals surface area contributed by atoms with Crippen LogP contribution in [0.4, 0.5) is 0 Å². The Hall–Kier alpha value is -2.86. The Labute approximate surface area is 158 Å². The smallest absolute Gasteiger partial charge is 0.295 e. The summed E-state index contributed by atoms with van der Waals surface area (Å²) in [5.41, 5.74) is 0.583. The van der Waals surface area contributed by atoms with E-state index in [0.29, 0.717) is 23.6 Å². The number of nitrogens with zero attached hydrogens (tertiary/aromatic N) is 1. The topological polar surface area (TPSA) is 75.2 Å². The number of aryl methyl sites for hydroxylation is 1. The van der Waals surface area contributed by atoms with Crippen LogP contribution in [-0.2, 0) is 9.59 Å². The molecule has 0 radical (unpaired) electrons. The van der Waals surface area contributed by atoms with Crippen molar-refractivity contribution in [2.24, 2.45) is 0 Å². The number of aliphatic hydroxyl groups is 1. The monoisotopic (exact) mass is 369 g/mol. The van der Waals surface area contributed by atoms with Crippen LogP contribution in [0.2, 0.25) is 0 Å². The third-order valence-corrected chi connectivity index (χ3v) is 4.69. The van der Waals surface area contributed by atoms with Gasteiger partial charge in [0, 0.05) is 18.5 Å². The van der Waals surface area contributed by atoms with Crippen LogP contribution in [0, 0.1) is 6.92 Å². The van der Waals surface area contributed by atoms with Gasteiger partial charge in [0.2, 0.25) is 0 Å². The van der Waals surface area contributed by atoms with Crippen molar-refractivity contribution in [3.05, 3.63) is 65.1 Å². The van der Waals surface area contributed by atoms with Crippen molar-refractivity contribution in [1.29, 1.82) is 0 Å². The third kappa shape index (κ3) is 3.80. The van der Waals surface area contributed by atoms with E-state index >= 15 is 0 Å². The number of likely N-dealkylation sites (tertiary alicyclic amines) is 1. The van der Waals surface area contributed by atoms with Crippen LogP contribution in [0.1, 0.15) is 29.5 Å². The van der Waals surface area contributed by atoms with E-state index in [2.05, 4.69) is 0 Å². The Morgan fingerprint density at radius 3 is 2.44 bits per heavy atom. The molecule has 0 saturated carbocycles. The summed E-state index contributed by atoms with van der Waals surface area (Å²) in [6.45, 7) is 3.10. The zero-order valence-electron chi connectivity index (χ0n) is 15.9. The van der Waals surface area contributed by atoms with E-state index in [1.54, 1.807) is 36.4 Å². The number of nitrogens with one attached hydrogen (secondary N) is 1. The molecule has 1 aliphatic rings. The first-order valence-electron chi connectivity index (χ1n) is 9.09. The molecule has 0 unspecified atom stereocenters. The predicted molar refractivity (Wildman–Crippen MR) is 101 cm³/mol. The van der Waals surface area contributed by atoms with Crippen molar-refractivity contribution >= 4 is 17.4 Å². The highest BCUT2D eigenvalue weighted by molar-refractivity contribution is 6.46. The summed E-state index contributed by atoms with van der Waals surface area (Å²) in [5.74, 6) is -0.268. The van der Waals surface area contributed by atoms with E-state index in [9.17, 15) is 14.7 Å². The molecule has 1 atom stereocenters. The zero-order chi connectivity index (χ0) is 19.6. The molecule has 142 valence electrons. The minimum Gasteiger partial charge on any atom is -0.507 e. The van der Waals surface area contributed by atoms with Crippen LogP contribution in [-0.4, -0.2) is 48.9 Å². The number of hydrogen-bond acceptors (Lipinski definition) is 4. The molecule has 1 aliphatic heterocycles. The van der Waals surface area contributed by atoms with Crippen molar-refractivity contribution in [3.8, 4) is 0 Å². The number of ketones is 1. The summed E-state index contributed by atoms with van der Waals surface area (Å²) in [6.07, 6.45) is 0.747. The minimum absolute atomic E-state index is 0.0813. The van der Waals surface area contributed by atoms with Gasteiger partial charge < -0.3 is 19.3 Å². The lowest BCUT2D eigenvalue weighted by Crippen LogP contribution is -3.05. The van der Waals surface area contributed by atoms with Crippen molar-refractivity contribution in [2.45, 2.75) is 19.4 Å². The van der Waals surface area contributed by atoms with Gasteiger partial charge in [-0.05, 0) is 19.1 Å². The predicted octanol–water partition coefficient (Wildman–Crippen LogP) is 1.54. The number of Topliss-reactive ketones (excluding diaryl/α,β-unsaturated/α-hetero) is 1. The molecule has 1 fully saturated rings. The number of carbonyl (C=O) groups is 2. The number of amides is 1. The van der Waals surface area contributed by atoms with Crippen molar-refractivity contribution in [3.63, 3.8) is 0 Å². The molecule has 6 heteroatoms. The summed E-state index contributed by atoms with van der Waals surface area (Å²) >= 11 is 0. The van der Waals surface area contributed by atoms with Gasteiger partial charge in [-0.2, -0.15) is 0 Å². The maximum Gasteiger partial charge on any atom is 0.295 e. The summed E-state index contributed by atoms with van der Waals surface area (Å²) in [5, 5.41) is 10.8. The molecule has 2 aromatic rings. The van der Waals surface area contributed by atoms with Crippen molar-refractivity contribution in [2.75, 3.05) is 27.2 Å². The standard InChI is InChI=1S/C21H24N2O4/c1-14-10-11-16(27-14)18-17(19(24)15-8-5-4-6-9-15)20(25)21(26)23(18)13-7-12-22(2)3/h4-6,8-11,18,24H,7,12-13H2,1-3H3/p+1/b19-17+/t18-/m1/s1.